The van der Waals surface area contributed by atoms with E-state index in [1.54, 1.807) is 12.1 Å². The number of benzene rings is 1. The highest BCUT2D eigenvalue weighted by Crippen LogP contribution is 2.31. The summed E-state index contributed by atoms with van der Waals surface area (Å²) in [6, 6.07) is 9.47. The maximum absolute atomic E-state index is 12.5. The van der Waals surface area contributed by atoms with Crippen LogP contribution in [0.5, 0.6) is 0 Å². The van der Waals surface area contributed by atoms with Crippen molar-refractivity contribution in [2.75, 3.05) is 6.54 Å². The molecule has 2 N–H and O–H groups in total. The third-order valence-electron chi connectivity index (χ3n) is 3.91. The Morgan fingerprint density at radius 3 is 2.50 bits per heavy atom. The zero-order chi connectivity index (χ0) is 14.6. The van der Waals surface area contributed by atoms with Gasteiger partial charge in [-0.3, -0.25) is 4.79 Å². The van der Waals surface area contributed by atoms with E-state index < -0.39 is 5.54 Å². The van der Waals surface area contributed by atoms with Crippen LogP contribution in [0.15, 0.2) is 24.3 Å². The van der Waals surface area contributed by atoms with Gasteiger partial charge in [0.2, 0.25) is 5.91 Å². The molecule has 1 aliphatic rings. The number of amides is 1. The number of nitrogens with zero attached hydrogens (tertiary/aromatic N) is 2. The molecular formula is C16H21N3O. The lowest BCUT2D eigenvalue weighted by molar-refractivity contribution is -0.140. The molecule has 0 atom stereocenters. The van der Waals surface area contributed by atoms with E-state index in [0.29, 0.717) is 12.1 Å². The van der Waals surface area contributed by atoms with Crippen molar-refractivity contribution in [3.05, 3.63) is 35.4 Å². The van der Waals surface area contributed by atoms with Crippen LogP contribution >= 0.6 is 0 Å². The Kier molecular flexibility index (Phi) is 4.41. The average Bonchev–Trinajstić information content (AvgIpc) is 2.44. The van der Waals surface area contributed by atoms with Gasteiger partial charge in [-0.2, -0.15) is 5.26 Å². The van der Waals surface area contributed by atoms with Gasteiger partial charge in [-0.1, -0.05) is 19.1 Å². The van der Waals surface area contributed by atoms with Crippen molar-refractivity contribution >= 4 is 5.91 Å². The van der Waals surface area contributed by atoms with E-state index in [4.69, 9.17) is 11.0 Å². The zero-order valence-corrected chi connectivity index (χ0v) is 11.9. The van der Waals surface area contributed by atoms with Gasteiger partial charge in [-0.05, 0) is 43.4 Å². The minimum Gasteiger partial charge on any atom is -0.337 e. The molecule has 1 amide bonds. The highest BCUT2D eigenvalue weighted by Gasteiger charge is 2.42. The van der Waals surface area contributed by atoms with E-state index >= 15 is 0 Å². The monoisotopic (exact) mass is 271 g/mol. The number of nitrogens with two attached hydrogens (primary N) is 1. The standard InChI is InChI=1S/C16H21N3O/c1-2-10-19(15(20)16(18)8-3-9-16)12-14-6-4-13(11-17)5-7-14/h4-7H,2-3,8-10,12,18H2,1H3. The largest absolute Gasteiger partial charge is 0.337 e. The van der Waals surface area contributed by atoms with E-state index in [1.807, 2.05) is 17.0 Å². The fourth-order valence-electron chi connectivity index (χ4n) is 2.51. The normalized spacial score (nSPS) is 16.1. The minimum absolute atomic E-state index is 0.0648. The van der Waals surface area contributed by atoms with Gasteiger partial charge >= 0.3 is 0 Å². The minimum atomic E-state index is -0.637. The summed E-state index contributed by atoms with van der Waals surface area (Å²) < 4.78 is 0. The van der Waals surface area contributed by atoms with Crippen LogP contribution in [-0.4, -0.2) is 22.9 Å². The zero-order valence-electron chi connectivity index (χ0n) is 11.9. The van der Waals surface area contributed by atoms with Gasteiger partial charge in [-0.15, -0.1) is 0 Å². The number of carbonyl (C=O) groups excluding carboxylic acids is 1. The molecule has 0 aliphatic heterocycles. The average molecular weight is 271 g/mol. The molecule has 0 spiro atoms. The van der Waals surface area contributed by atoms with Gasteiger partial charge in [0.05, 0.1) is 17.2 Å². The highest BCUT2D eigenvalue weighted by molar-refractivity contribution is 5.87. The molecule has 4 heteroatoms. The SMILES string of the molecule is CCCN(Cc1ccc(C#N)cc1)C(=O)C1(N)CCC1. The van der Waals surface area contributed by atoms with E-state index in [-0.39, 0.29) is 5.91 Å². The topological polar surface area (TPSA) is 70.1 Å². The molecular weight excluding hydrogens is 250 g/mol. The van der Waals surface area contributed by atoms with Crippen LogP contribution in [0, 0.1) is 11.3 Å². The summed E-state index contributed by atoms with van der Waals surface area (Å²) in [7, 11) is 0. The van der Waals surface area contributed by atoms with Gasteiger partial charge < -0.3 is 10.6 Å². The summed E-state index contributed by atoms with van der Waals surface area (Å²) in [6.45, 7) is 3.35. The second kappa shape index (κ2) is 6.06. The quantitative estimate of drug-likeness (QED) is 0.892. The molecule has 0 radical (unpaired) electrons. The van der Waals surface area contributed by atoms with Crippen molar-refractivity contribution in [2.24, 2.45) is 5.73 Å². The first kappa shape index (κ1) is 14.5. The third-order valence-corrected chi connectivity index (χ3v) is 3.91. The number of carbonyl (C=O) groups is 1. The maximum atomic E-state index is 12.5. The van der Waals surface area contributed by atoms with Crippen molar-refractivity contribution in [3.63, 3.8) is 0 Å². The summed E-state index contributed by atoms with van der Waals surface area (Å²) in [5, 5.41) is 8.80. The second-order valence-electron chi connectivity index (χ2n) is 5.55. The summed E-state index contributed by atoms with van der Waals surface area (Å²) in [4.78, 5) is 14.4. The lowest BCUT2D eigenvalue weighted by Crippen LogP contribution is -2.59. The van der Waals surface area contributed by atoms with E-state index in [0.717, 1.165) is 37.8 Å². The predicted molar refractivity (Wildman–Crippen MR) is 77.6 cm³/mol. The Hall–Kier alpha value is -1.86. The van der Waals surface area contributed by atoms with Crippen LogP contribution in [0.25, 0.3) is 0 Å². The van der Waals surface area contributed by atoms with Gasteiger partial charge in [0.25, 0.3) is 0 Å². The van der Waals surface area contributed by atoms with Crippen molar-refractivity contribution in [1.29, 1.82) is 5.26 Å². The van der Waals surface area contributed by atoms with Crippen molar-refractivity contribution in [1.82, 2.24) is 4.90 Å². The molecule has 20 heavy (non-hydrogen) atoms. The molecule has 2 rings (SSSR count). The Labute approximate surface area is 120 Å². The molecule has 0 saturated heterocycles. The van der Waals surface area contributed by atoms with Crippen molar-refractivity contribution in [2.45, 2.75) is 44.7 Å². The molecule has 106 valence electrons. The van der Waals surface area contributed by atoms with Crippen LogP contribution in [0.4, 0.5) is 0 Å². The van der Waals surface area contributed by atoms with E-state index in [1.165, 1.54) is 0 Å². The fraction of sp³-hybridized carbons (Fsp3) is 0.500. The smallest absolute Gasteiger partial charge is 0.242 e. The van der Waals surface area contributed by atoms with Crippen LogP contribution in [0.2, 0.25) is 0 Å². The number of hydrogen-bond donors (Lipinski definition) is 1. The Bertz CT molecular complexity index is 512. The molecule has 1 aliphatic carbocycles. The Morgan fingerprint density at radius 1 is 1.40 bits per heavy atom. The highest BCUT2D eigenvalue weighted by atomic mass is 16.2. The van der Waals surface area contributed by atoms with Gasteiger partial charge in [0, 0.05) is 13.1 Å². The van der Waals surface area contributed by atoms with Crippen molar-refractivity contribution < 1.29 is 4.79 Å². The third kappa shape index (κ3) is 3.00. The Morgan fingerprint density at radius 2 is 2.05 bits per heavy atom. The molecule has 4 nitrogen and oxygen atoms in total. The first-order valence-electron chi connectivity index (χ1n) is 7.16. The van der Waals surface area contributed by atoms with Gasteiger partial charge in [0.1, 0.15) is 0 Å². The number of hydrogen-bond acceptors (Lipinski definition) is 3. The van der Waals surface area contributed by atoms with E-state index in [2.05, 4.69) is 13.0 Å². The molecule has 1 aromatic rings. The molecule has 0 bridgehead atoms. The molecule has 1 aromatic carbocycles. The molecule has 1 saturated carbocycles. The van der Waals surface area contributed by atoms with Crippen LogP contribution < -0.4 is 5.73 Å². The Balaban J connectivity index is 2.08. The maximum Gasteiger partial charge on any atom is 0.242 e. The van der Waals surface area contributed by atoms with Crippen LogP contribution in [-0.2, 0) is 11.3 Å². The molecule has 0 heterocycles. The molecule has 0 aromatic heterocycles. The second-order valence-corrected chi connectivity index (χ2v) is 5.55. The first-order chi connectivity index (χ1) is 9.59. The molecule has 0 unspecified atom stereocenters. The predicted octanol–water partition coefficient (Wildman–Crippen LogP) is 2.18. The summed E-state index contributed by atoms with van der Waals surface area (Å²) in [6.07, 6.45) is 3.54. The van der Waals surface area contributed by atoms with Crippen LogP contribution in [0.1, 0.15) is 43.7 Å². The molecule has 1 fully saturated rings. The number of rotatable bonds is 5. The van der Waals surface area contributed by atoms with Crippen LogP contribution in [0.3, 0.4) is 0 Å². The number of nitriles is 1. The first-order valence-corrected chi connectivity index (χ1v) is 7.16. The van der Waals surface area contributed by atoms with Gasteiger partial charge in [-0.25, -0.2) is 0 Å². The summed E-state index contributed by atoms with van der Waals surface area (Å²) in [5.74, 6) is 0.0648. The summed E-state index contributed by atoms with van der Waals surface area (Å²) in [5.41, 5.74) is 7.18. The lowest BCUT2D eigenvalue weighted by atomic mass is 9.76. The lowest BCUT2D eigenvalue weighted by Gasteiger charge is -2.40. The van der Waals surface area contributed by atoms with Gasteiger partial charge in [0.15, 0.2) is 0 Å². The van der Waals surface area contributed by atoms with Crippen molar-refractivity contribution in [3.8, 4) is 6.07 Å². The fourth-order valence-corrected chi connectivity index (χ4v) is 2.51. The van der Waals surface area contributed by atoms with E-state index in [9.17, 15) is 4.79 Å². The summed E-state index contributed by atoms with van der Waals surface area (Å²) >= 11 is 0.